The Hall–Kier alpha value is -0.730. The molecule has 1 aromatic heterocycles. The molecular weight excluding hydrogens is 342 g/mol. The molecular formula is C10H12BrNO4S2. The number of hydrogen-bond acceptors (Lipinski definition) is 4. The largest absolute Gasteiger partial charge is 0.480 e. The van der Waals surface area contributed by atoms with E-state index in [0.717, 1.165) is 8.66 Å². The topological polar surface area (TPSA) is 83.5 Å². The summed E-state index contributed by atoms with van der Waals surface area (Å²) in [5, 5.41) is 11.2. The van der Waals surface area contributed by atoms with Crippen molar-refractivity contribution in [2.75, 3.05) is 5.75 Å². The van der Waals surface area contributed by atoms with E-state index in [2.05, 4.69) is 21.2 Å². The van der Waals surface area contributed by atoms with Gasteiger partial charge in [-0.05, 0) is 28.1 Å². The number of carbonyl (C=O) groups is 2. The van der Waals surface area contributed by atoms with Crippen molar-refractivity contribution in [2.45, 2.75) is 18.7 Å². The standard InChI is InChI=1S/C10H12BrNO4S2/c1-6(13)12-8(10(14)15)5-18(16)4-7-2-3-9(11)17-7/h2-3,8H,4-5H2,1H3,(H,12,13)(H,14,15). The summed E-state index contributed by atoms with van der Waals surface area (Å²) in [6, 6.07) is 2.58. The maximum atomic E-state index is 11.8. The molecule has 1 heterocycles. The second-order valence-corrected chi connectivity index (χ2v) is 7.60. The van der Waals surface area contributed by atoms with Gasteiger partial charge in [0.25, 0.3) is 0 Å². The van der Waals surface area contributed by atoms with Crippen LogP contribution in [0.3, 0.4) is 0 Å². The molecule has 1 rings (SSSR count). The summed E-state index contributed by atoms with van der Waals surface area (Å²) < 4.78 is 12.7. The number of carbonyl (C=O) groups excluding carboxylic acids is 1. The number of nitrogens with one attached hydrogen (secondary N) is 1. The van der Waals surface area contributed by atoms with Crippen molar-refractivity contribution in [1.29, 1.82) is 0 Å². The summed E-state index contributed by atoms with van der Waals surface area (Å²) in [6.07, 6.45) is 0. The summed E-state index contributed by atoms with van der Waals surface area (Å²) >= 11 is 4.75. The first kappa shape index (κ1) is 15.3. The number of halogens is 1. The Bertz CT molecular complexity index is 474. The van der Waals surface area contributed by atoms with Gasteiger partial charge in [-0.2, -0.15) is 0 Å². The maximum Gasteiger partial charge on any atom is 0.327 e. The Kier molecular flexibility index (Phi) is 5.97. The molecule has 0 aliphatic rings. The fraction of sp³-hybridized carbons (Fsp3) is 0.400. The Balaban J connectivity index is 2.56. The minimum Gasteiger partial charge on any atom is -0.480 e. The van der Waals surface area contributed by atoms with Crippen LogP contribution in [-0.4, -0.2) is 33.0 Å². The molecule has 1 amide bonds. The van der Waals surface area contributed by atoms with Crippen LogP contribution >= 0.6 is 27.3 Å². The van der Waals surface area contributed by atoms with Gasteiger partial charge < -0.3 is 10.4 Å². The van der Waals surface area contributed by atoms with E-state index in [1.54, 1.807) is 0 Å². The van der Waals surface area contributed by atoms with Gasteiger partial charge >= 0.3 is 5.97 Å². The van der Waals surface area contributed by atoms with E-state index >= 15 is 0 Å². The van der Waals surface area contributed by atoms with Crippen LogP contribution in [0.1, 0.15) is 11.8 Å². The number of thiophene rings is 1. The average molecular weight is 354 g/mol. The van der Waals surface area contributed by atoms with E-state index < -0.39 is 28.7 Å². The van der Waals surface area contributed by atoms with Gasteiger partial charge in [-0.3, -0.25) is 9.00 Å². The molecule has 5 nitrogen and oxygen atoms in total. The molecule has 0 aliphatic heterocycles. The molecule has 0 spiro atoms. The van der Waals surface area contributed by atoms with Crippen molar-refractivity contribution in [3.63, 3.8) is 0 Å². The van der Waals surface area contributed by atoms with Crippen molar-refractivity contribution >= 4 is 49.9 Å². The molecule has 1 aromatic rings. The van der Waals surface area contributed by atoms with Gasteiger partial charge in [-0.1, -0.05) is 0 Å². The molecule has 0 radical (unpaired) electrons. The van der Waals surface area contributed by atoms with Crippen LogP contribution in [0.4, 0.5) is 0 Å². The second-order valence-electron chi connectivity index (χ2n) is 3.55. The predicted octanol–water partition coefficient (Wildman–Crippen LogP) is 1.35. The van der Waals surface area contributed by atoms with Crippen molar-refractivity contribution < 1.29 is 18.9 Å². The van der Waals surface area contributed by atoms with Crippen molar-refractivity contribution in [3.05, 3.63) is 20.8 Å². The molecule has 2 unspecified atom stereocenters. The second kappa shape index (κ2) is 7.01. The molecule has 18 heavy (non-hydrogen) atoms. The minimum atomic E-state index is -1.33. The van der Waals surface area contributed by atoms with Gasteiger partial charge in [0.15, 0.2) is 0 Å². The van der Waals surface area contributed by atoms with E-state index in [1.165, 1.54) is 18.3 Å². The number of carboxylic acids is 1. The SMILES string of the molecule is CC(=O)NC(CS(=O)Cc1ccc(Br)s1)C(=O)O. The van der Waals surface area contributed by atoms with Crippen LogP contribution in [0.5, 0.6) is 0 Å². The van der Waals surface area contributed by atoms with Crippen LogP contribution in [0, 0.1) is 0 Å². The molecule has 8 heteroatoms. The van der Waals surface area contributed by atoms with Gasteiger partial charge in [0.2, 0.25) is 5.91 Å². The first-order valence-corrected chi connectivity index (χ1v) is 8.07. The molecule has 100 valence electrons. The highest BCUT2D eigenvalue weighted by Gasteiger charge is 2.21. The molecule has 0 aromatic carbocycles. The zero-order valence-electron chi connectivity index (χ0n) is 9.51. The highest BCUT2D eigenvalue weighted by atomic mass is 79.9. The lowest BCUT2D eigenvalue weighted by atomic mass is 10.3. The Morgan fingerprint density at radius 2 is 2.22 bits per heavy atom. The van der Waals surface area contributed by atoms with E-state index in [-0.39, 0.29) is 5.75 Å². The Morgan fingerprint density at radius 1 is 1.56 bits per heavy atom. The van der Waals surface area contributed by atoms with Crippen LogP contribution in [0.15, 0.2) is 15.9 Å². The van der Waals surface area contributed by atoms with Gasteiger partial charge in [-0.25, -0.2) is 4.79 Å². The zero-order valence-corrected chi connectivity index (χ0v) is 12.7. The normalized spacial score (nSPS) is 13.9. The van der Waals surface area contributed by atoms with Gasteiger partial charge in [0, 0.05) is 22.6 Å². The Labute approximate surface area is 119 Å². The third-order valence-corrected chi connectivity index (χ3v) is 5.10. The number of hydrogen-bond donors (Lipinski definition) is 2. The summed E-state index contributed by atoms with van der Waals surface area (Å²) in [7, 11) is -1.33. The third kappa shape index (κ3) is 5.28. The molecule has 2 atom stereocenters. The fourth-order valence-corrected chi connectivity index (χ4v) is 4.29. The molecule has 2 N–H and O–H groups in total. The highest BCUT2D eigenvalue weighted by molar-refractivity contribution is 9.11. The lowest BCUT2D eigenvalue weighted by Gasteiger charge is -2.12. The lowest BCUT2D eigenvalue weighted by Crippen LogP contribution is -2.43. The summed E-state index contributed by atoms with van der Waals surface area (Å²) in [5.41, 5.74) is 0. The predicted molar refractivity (Wildman–Crippen MR) is 74.0 cm³/mol. The summed E-state index contributed by atoms with van der Waals surface area (Å²) in [6.45, 7) is 1.23. The number of carboxylic acid groups (broad SMARTS) is 1. The van der Waals surface area contributed by atoms with E-state index in [9.17, 15) is 13.8 Å². The molecule has 0 bridgehead atoms. The van der Waals surface area contributed by atoms with Gasteiger partial charge in [0.1, 0.15) is 6.04 Å². The van der Waals surface area contributed by atoms with Gasteiger partial charge in [-0.15, -0.1) is 11.3 Å². The van der Waals surface area contributed by atoms with Crippen molar-refractivity contribution in [2.24, 2.45) is 0 Å². The molecule has 0 saturated heterocycles. The minimum absolute atomic E-state index is 0.0928. The number of aliphatic carboxylic acids is 1. The Morgan fingerprint density at radius 3 is 2.67 bits per heavy atom. The van der Waals surface area contributed by atoms with Crippen molar-refractivity contribution in [3.8, 4) is 0 Å². The van der Waals surface area contributed by atoms with Crippen molar-refractivity contribution in [1.82, 2.24) is 5.32 Å². The number of rotatable bonds is 6. The number of amides is 1. The maximum absolute atomic E-state index is 11.8. The molecule has 0 aliphatic carbocycles. The molecule has 0 saturated carbocycles. The van der Waals surface area contributed by atoms with Gasteiger partial charge in [0.05, 0.1) is 15.3 Å². The summed E-state index contributed by atoms with van der Waals surface area (Å²) in [5.74, 6) is -1.42. The quantitative estimate of drug-likeness (QED) is 0.808. The average Bonchev–Trinajstić information content (AvgIpc) is 2.62. The smallest absolute Gasteiger partial charge is 0.327 e. The van der Waals surface area contributed by atoms with Crippen LogP contribution in [0.2, 0.25) is 0 Å². The zero-order chi connectivity index (χ0) is 13.7. The van der Waals surface area contributed by atoms with E-state index in [1.807, 2.05) is 12.1 Å². The summed E-state index contributed by atoms with van der Waals surface area (Å²) in [4.78, 5) is 22.6. The van der Waals surface area contributed by atoms with Crippen LogP contribution in [-0.2, 0) is 26.1 Å². The lowest BCUT2D eigenvalue weighted by molar-refractivity contribution is -0.140. The van der Waals surface area contributed by atoms with E-state index in [4.69, 9.17) is 5.11 Å². The monoisotopic (exact) mass is 353 g/mol. The van der Waals surface area contributed by atoms with Crippen LogP contribution in [0.25, 0.3) is 0 Å². The van der Waals surface area contributed by atoms with E-state index in [0.29, 0.717) is 5.75 Å². The fourth-order valence-electron chi connectivity index (χ4n) is 1.25. The first-order valence-electron chi connectivity index (χ1n) is 4.97. The van der Waals surface area contributed by atoms with Crippen LogP contribution < -0.4 is 5.32 Å². The third-order valence-electron chi connectivity index (χ3n) is 1.96. The highest BCUT2D eigenvalue weighted by Crippen LogP contribution is 2.23. The first-order chi connectivity index (χ1) is 8.38. The molecule has 0 fully saturated rings.